The first-order valence-electron chi connectivity index (χ1n) is 7.60. The van der Waals surface area contributed by atoms with Gasteiger partial charge in [0.15, 0.2) is 0 Å². The van der Waals surface area contributed by atoms with Crippen LogP contribution in [0.5, 0.6) is 0 Å². The quantitative estimate of drug-likeness (QED) is 0.893. The number of piperidine rings is 1. The van der Waals surface area contributed by atoms with E-state index in [2.05, 4.69) is 0 Å². The molecular weight excluding hydrogens is 266 g/mol. The van der Waals surface area contributed by atoms with Gasteiger partial charge in [0.25, 0.3) is 5.91 Å². The van der Waals surface area contributed by atoms with E-state index in [0.29, 0.717) is 18.5 Å². The lowest BCUT2D eigenvalue weighted by Crippen LogP contribution is -2.45. The average molecular weight is 287 g/mol. The smallest absolute Gasteiger partial charge is 0.253 e. The van der Waals surface area contributed by atoms with E-state index in [9.17, 15) is 9.59 Å². The average Bonchev–Trinajstić information content (AvgIpc) is 2.93. The van der Waals surface area contributed by atoms with Gasteiger partial charge in [0.05, 0.1) is 0 Å². The van der Waals surface area contributed by atoms with E-state index >= 15 is 0 Å². The zero-order valence-electron chi connectivity index (χ0n) is 12.1. The highest BCUT2D eigenvalue weighted by Crippen LogP contribution is 2.23. The summed E-state index contributed by atoms with van der Waals surface area (Å²) in [4.78, 5) is 28.0. The van der Waals surface area contributed by atoms with Crippen molar-refractivity contribution in [3.8, 4) is 0 Å². The number of hydrogen-bond donors (Lipinski definition) is 1. The van der Waals surface area contributed by atoms with Gasteiger partial charge in [0.2, 0.25) is 5.91 Å². The van der Waals surface area contributed by atoms with Crippen LogP contribution in [-0.4, -0.2) is 42.4 Å². The van der Waals surface area contributed by atoms with Crippen LogP contribution in [0.2, 0.25) is 0 Å². The van der Waals surface area contributed by atoms with Crippen LogP contribution in [-0.2, 0) is 4.79 Å². The molecule has 2 aliphatic rings. The molecule has 0 spiro atoms. The van der Waals surface area contributed by atoms with Crippen molar-refractivity contribution >= 4 is 17.5 Å². The van der Waals surface area contributed by atoms with E-state index in [-0.39, 0.29) is 17.9 Å². The van der Waals surface area contributed by atoms with Crippen molar-refractivity contribution in [1.29, 1.82) is 0 Å². The topological polar surface area (TPSA) is 66.6 Å². The van der Waals surface area contributed by atoms with Crippen molar-refractivity contribution in [2.75, 3.05) is 24.5 Å². The molecule has 3 rings (SSSR count). The summed E-state index contributed by atoms with van der Waals surface area (Å²) in [6, 6.07) is 7.45. The molecule has 0 aliphatic carbocycles. The number of carbonyl (C=O) groups excluding carboxylic acids is 2. The van der Waals surface area contributed by atoms with Gasteiger partial charge < -0.3 is 15.5 Å². The van der Waals surface area contributed by atoms with Crippen LogP contribution >= 0.6 is 0 Å². The molecule has 0 radical (unpaired) electrons. The number of carbonyl (C=O) groups is 2. The Hall–Kier alpha value is -1.88. The molecule has 112 valence electrons. The van der Waals surface area contributed by atoms with Crippen molar-refractivity contribution in [2.24, 2.45) is 5.73 Å². The Bertz CT molecular complexity index is 558. The van der Waals surface area contributed by atoms with E-state index in [1.807, 2.05) is 29.2 Å². The highest BCUT2D eigenvalue weighted by atomic mass is 16.2. The normalized spacial score (nSPS) is 22.7. The summed E-state index contributed by atoms with van der Waals surface area (Å²) in [6.07, 6.45) is 3.42. The molecule has 2 heterocycles. The highest BCUT2D eigenvalue weighted by Gasteiger charge is 2.25. The van der Waals surface area contributed by atoms with E-state index < -0.39 is 0 Å². The fourth-order valence-electron chi connectivity index (χ4n) is 3.10. The summed E-state index contributed by atoms with van der Waals surface area (Å²) >= 11 is 0. The Morgan fingerprint density at radius 3 is 2.81 bits per heavy atom. The van der Waals surface area contributed by atoms with Gasteiger partial charge in [-0.2, -0.15) is 0 Å². The zero-order valence-corrected chi connectivity index (χ0v) is 12.1. The number of amides is 2. The molecule has 1 aromatic rings. The van der Waals surface area contributed by atoms with Crippen molar-refractivity contribution in [1.82, 2.24) is 4.90 Å². The van der Waals surface area contributed by atoms with E-state index in [0.717, 1.165) is 38.0 Å². The third kappa shape index (κ3) is 2.93. The largest absolute Gasteiger partial charge is 0.337 e. The summed E-state index contributed by atoms with van der Waals surface area (Å²) < 4.78 is 0. The molecule has 2 saturated heterocycles. The van der Waals surface area contributed by atoms with Crippen molar-refractivity contribution in [3.63, 3.8) is 0 Å². The fourth-order valence-corrected chi connectivity index (χ4v) is 3.10. The van der Waals surface area contributed by atoms with Crippen LogP contribution in [0.1, 0.15) is 36.0 Å². The van der Waals surface area contributed by atoms with Gasteiger partial charge in [0.1, 0.15) is 0 Å². The molecule has 2 fully saturated rings. The van der Waals surface area contributed by atoms with Crippen LogP contribution < -0.4 is 10.6 Å². The maximum atomic E-state index is 12.6. The predicted molar refractivity (Wildman–Crippen MR) is 81.1 cm³/mol. The molecule has 0 saturated carbocycles. The van der Waals surface area contributed by atoms with Crippen LogP contribution in [0.15, 0.2) is 24.3 Å². The van der Waals surface area contributed by atoms with Gasteiger partial charge in [-0.15, -0.1) is 0 Å². The summed E-state index contributed by atoms with van der Waals surface area (Å²) in [6.45, 7) is 2.12. The van der Waals surface area contributed by atoms with Gasteiger partial charge in [-0.1, -0.05) is 6.07 Å². The zero-order chi connectivity index (χ0) is 14.8. The van der Waals surface area contributed by atoms with Crippen LogP contribution in [0, 0.1) is 0 Å². The van der Waals surface area contributed by atoms with Gasteiger partial charge in [0, 0.05) is 43.3 Å². The second kappa shape index (κ2) is 5.85. The van der Waals surface area contributed by atoms with Crippen LogP contribution in [0.3, 0.4) is 0 Å². The summed E-state index contributed by atoms with van der Waals surface area (Å²) in [5, 5.41) is 0. The number of anilines is 1. The number of likely N-dealkylation sites (tertiary alicyclic amines) is 1. The molecule has 2 aliphatic heterocycles. The summed E-state index contributed by atoms with van der Waals surface area (Å²) in [5.74, 6) is 0.151. The Labute approximate surface area is 124 Å². The van der Waals surface area contributed by atoms with Gasteiger partial charge >= 0.3 is 0 Å². The monoisotopic (exact) mass is 287 g/mol. The van der Waals surface area contributed by atoms with Crippen molar-refractivity contribution in [2.45, 2.75) is 31.7 Å². The molecular formula is C16H21N3O2. The Morgan fingerprint density at radius 2 is 2.10 bits per heavy atom. The molecule has 1 atom stereocenters. The summed E-state index contributed by atoms with van der Waals surface area (Å²) in [5.41, 5.74) is 7.41. The lowest BCUT2D eigenvalue weighted by atomic mass is 10.0. The first-order chi connectivity index (χ1) is 10.1. The molecule has 5 nitrogen and oxygen atoms in total. The molecule has 0 bridgehead atoms. The molecule has 21 heavy (non-hydrogen) atoms. The van der Waals surface area contributed by atoms with Gasteiger partial charge in [-0.05, 0) is 37.5 Å². The first-order valence-corrected chi connectivity index (χ1v) is 7.60. The first kappa shape index (κ1) is 14.1. The van der Waals surface area contributed by atoms with E-state index in [1.165, 1.54) is 0 Å². The Balaban J connectivity index is 1.79. The molecule has 1 aromatic carbocycles. The number of nitrogens with zero attached hydrogens (tertiary/aromatic N) is 2. The third-order valence-corrected chi connectivity index (χ3v) is 4.22. The maximum Gasteiger partial charge on any atom is 0.253 e. The number of benzene rings is 1. The van der Waals surface area contributed by atoms with Crippen molar-refractivity contribution in [3.05, 3.63) is 29.8 Å². The number of rotatable bonds is 2. The maximum absolute atomic E-state index is 12.6. The minimum absolute atomic E-state index is 0.0126. The van der Waals surface area contributed by atoms with Gasteiger partial charge in [-0.25, -0.2) is 0 Å². The third-order valence-electron chi connectivity index (χ3n) is 4.22. The van der Waals surface area contributed by atoms with Crippen LogP contribution in [0.25, 0.3) is 0 Å². The van der Waals surface area contributed by atoms with Crippen LogP contribution in [0.4, 0.5) is 5.69 Å². The second-order valence-corrected chi connectivity index (χ2v) is 5.85. The minimum atomic E-state index is 0.0126. The Morgan fingerprint density at radius 1 is 1.24 bits per heavy atom. The lowest BCUT2D eigenvalue weighted by molar-refractivity contribution is -0.117. The molecule has 2 amide bonds. The number of hydrogen-bond acceptors (Lipinski definition) is 3. The molecule has 0 unspecified atom stereocenters. The van der Waals surface area contributed by atoms with Gasteiger partial charge in [-0.3, -0.25) is 9.59 Å². The van der Waals surface area contributed by atoms with Crippen molar-refractivity contribution < 1.29 is 9.59 Å². The molecule has 5 heteroatoms. The molecule has 2 N–H and O–H groups in total. The molecule has 0 aromatic heterocycles. The fraction of sp³-hybridized carbons (Fsp3) is 0.500. The lowest BCUT2D eigenvalue weighted by Gasteiger charge is -2.31. The van der Waals surface area contributed by atoms with E-state index in [1.54, 1.807) is 4.90 Å². The minimum Gasteiger partial charge on any atom is -0.337 e. The second-order valence-electron chi connectivity index (χ2n) is 5.85. The highest BCUT2D eigenvalue weighted by molar-refractivity contribution is 5.99. The SMILES string of the molecule is N[C@@H]1CCCN(C(=O)c2cccc(N3CCCC3=O)c2)C1. The predicted octanol–water partition coefficient (Wildman–Crippen LogP) is 1.38. The Kier molecular flexibility index (Phi) is 3.92. The van der Waals surface area contributed by atoms with E-state index in [4.69, 9.17) is 5.73 Å². The number of nitrogens with two attached hydrogens (primary N) is 1. The standard InChI is InChI=1S/C16H21N3O2/c17-13-5-2-8-18(11-13)16(21)12-4-1-6-14(10-12)19-9-3-7-15(19)20/h1,4,6,10,13H,2-3,5,7-9,11,17H2/t13-/m1/s1. The summed E-state index contributed by atoms with van der Waals surface area (Å²) in [7, 11) is 0.